The maximum absolute atomic E-state index is 10.2. The first-order valence-corrected chi connectivity index (χ1v) is 3.58. The third-order valence-corrected chi connectivity index (χ3v) is 1.35. The van der Waals surface area contributed by atoms with Crippen LogP contribution < -0.4 is 62.4 Å². The molecule has 0 saturated heterocycles. The number of aliphatic hydroxyl groups is 1. The average Bonchev–Trinajstić information content (AvgIpc) is 2.01. The van der Waals surface area contributed by atoms with Crippen molar-refractivity contribution in [2.24, 2.45) is 5.90 Å². The first-order chi connectivity index (χ1) is 5.35. The molecular weight excluding hydrogens is 187 g/mol. The van der Waals surface area contributed by atoms with E-state index in [2.05, 4.69) is 4.84 Å². The first-order valence-electron chi connectivity index (χ1n) is 3.58. The van der Waals surface area contributed by atoms with Crippen LogP contribution in [-0.4, -0.2) is 49.5 Å². The van der Waals surface area contributed by atoms with Gasteiger partial charge in [0.2, 0.25) is 0 Å². The maximum Gasteiger partial charge on any atom is 1.00 e. The van der Waals surface area contributed by atoms with Gasteiger partial charge in [-0.05, 0) is 6.54 Å². The summed E-state index contributed by atoms with van der Waals surface area (Å²) in [7, 11) is 0. The smallest absolute Gasteiger partial charge is 0.854 e. The summed E-state index contributed by atoms with van der Waals surface area (Å²) in [6.07, 6.45) is 0. The third kappa shape index (κ3) is 9.52. The van der Waals surface area contributed by atoms with Gasteiger partial charge >= 0.3 is 51.4 Å². The van der Waals surface area contributed by atoms with Crippen LogP contribution in [0.15, 0.2) is 0 Å². The van der Waals surface area contributed by atoms with Crippen molar-refractivity contribution in [3.8, 4) is 0 Å². The fraction of sp³-hybridized carbons (Fsp3) is 1.00. The largest absolute Gasteiger partial charge is 1.00 e. The summed E-state index contributed by atoms with van der Waals surface area (Å²) >= 11 is 0. The Kier molecular flexibility index (Phi) is 16.5. The Bertz CT molecular complexity index is 81.2. The molecule has 0 spiro atoms. The Labute approximate surface area is 115 Å². The topological polar surface area (TPSA) is 81.8 Å². The summed E-state index contributed by atoms with van der Waals surface area (Å²) < 4.78 is 0. The maximum atomic E-state index is 10.2. The van der Waals surface area contributed by atoms with Crippen molar-refractivity contribution in [3.05, 3.63) is 0 Å². The zero-order valence-electron chi connectivity index (χ0n) is 7.53. The van der Waals surface area contributed by atoms with E-state index in [0.29, 0.717) is 26.2 Å². The molecule has 5 nitrogen and oxygen atoms in total. The third-order valence-electron chi connectivity index (χ3n) is 1.35. The molecule has 0 aliphatic carbocycles. The zero-order chi connectivity index (χ0) is 8.53. The molecule has 0 unspecified atom stereocenters. The summed E-state index contributed by atoms with van der Waals surface area (Å²) in [4.78, 5) is 6.15. The van der Waals surface area contributed by atoms with E-state index in [-0.39, 0.29) is 64.6 Å². The second kappa shape index (κ2) is 12.4. The van der Waals surface area contributed by atoms with E-state index < -0.39 is 0 Å². The number of aliphatic hydroxyl groups excluding tert-OH is 1. The summed E-state index contributed by atoms with van der Waals surface area (Å²) in [6.45, 7) is 1.82. The van der Waals surface area contributed by atoms with E-state index in [1.807, 2.05) is 0 Å². The van der Waals surface area contributed by atoms with E-state index in [1.54, 1.807) is 4.90 Å². The molecule has 0 heterocycles. The minimum absolute atomic E-state index is 0. The molecule has 68 valence electrons. The van der Waals surface area contributed by atoms with E-state index in [4.69, 9.17) is 11.0 Å². The fourth-order valence-electron chi connectivity index (χ4n) is 0.788. The second-order valence-corrected chi connectivity index (χ2v) is 2.14. The molecule has 12 heavy (non-hydrogen) atoms. The van der Waals surface area contributed by atoms with Gasteiger partial charge in [0, 0.05) is 13.1 Å². The minimum atomic E-state index is -0.162. The van der Waals surface area contributed by atoms with Gasteiger partial charge in [-0.15, -0.1) is 6.61 Å². The van der Waals surface area contributed by atoms with Gasteiger partial charge in [0.05, 0.1) is 13.2 Å². The van der Waals surface area contributed by atoms with Crippen LogP contribution in [-0.2, 0) is 4.84 Å². The second-order valence-electron chi connectivity index (χ2n) is 2.14. The molecule has 0 fully saturated rings. The summed E-state index contributed by atoms with van der Waals surface area (Å²) in [5, 5.41) is 18.7. The Balaban J connectivity index is 0. The predicted octanol–water partition coefficient (Wildman–Crippen LogP) is -5.46. The molecule has 0 radical (unpaired) electrons. The molecular formula is C6H15KN2O3. The van der Waals surface area contributed by atoms with Crippen LogP contribution in [0, 0.1) is 0 Å². The van der Waals surface area contributed by atoms with E-state index in [0.717, 1.165) is 0 Å². The van der Waals surface area contributed by atoms with Crippen molar-refractivity contribution in [1.29, 1.82) is 0 Å². The van der Waals surface area contributed by atoms with Gasteiger partial charge in [-0.1, -0.05) is 0 Å². The summed E-state index contributed by atoms with van der Waals surface area (Å²) in [5.41, 5.74) is 0. The van der Waals surface area contributed by atoms with Gasteiger partial charge in [-0.3, -0.25) is 0 Å². The summed E-state index contributed by atoms with van der Waals surface area (Å²) in [5.74, 6) is 4.80. The molecule has 0 aliphatic heterocycles. The molecule has 0 aliphatic rings. The quantitative estimate of drug-likeness (QED) is 0.318. The normalized spacial score (nSPS) is 10.0. The number of hydrogen-bond acceptors (Lipinski definition) is 5. The van der Waals surface area contributed by atoms with Crippen LogP contribution in [0.3, 0.4) is 0 Å². The average molecular weight is 202 g/mol. The Morgan fingerprint density at radius 3 is 2.42 bits per heavy atom. The van der Waals surface area contributed by atoms with Crippen molar-refractivity contribution in [2.75, 3.05) is 39.5 Å². The number of nitrogens with zero attached hydrogens (tertiary/aromatic N) is 1. The van der Waals surface area contributed by atoms with E-state index in [9.17, 15) is 5.11 Å². The molecule has 0 aromatic rings. The minimum Gasteiger partial charge on any atom is -0.854 e. The van der Waals surface area contributed by atoms with Gasteiger partial charge in [0.1, 0.15) is 0 Å². The van der Waals surface area contributed by atoms with Gasteiger partial charge < -0.3 is 20.0 Å². The number of rotatable bonds is 7. The predicted molar refractivity (Wildman–Crippen MR) is 38.5 cm³/mol. The molecule has 0 aromatic heterocycles. The molecule has 0 aromatic carbocycles. The van der Waals surface area contributed by atoms with Crippen molar-refractivity contribution >= 4 is 0 Å². The zero-order valence-corrected chi connectivity index (χ0v) is 10.7. The van der Waals surface area contributed by atoms with Crippen molar-refractivity contribution in [3.63, 3.8) is 0 Å². The van der Waals surface area contributed by atoms with Crippen LogP contribution in [0.5, 0.6) is 0 Å². The Hall–Kier alpha value is 1.44. The number of hydrogen-bond donors (Lipinski definition) is 2. The van der Waals surface area contributed by atoms with Crippen molar-refractivity contribution in [2.45, 2.75) is 0 Å². The van der Waals surface area contributed by atoms with Crippen molar-refractivity contribution in [1.82, 2.24) is 4.90 Å². The number of nitrogens with two attached hydrogens (primary N) is 1. The molecule has 0 bridgehead atoms. The SMILES string of the molecule is NOCCN(CC[O-])CCO.[K+]. The van der Waals surface area contributed by atoms with Crippen LogP contribution in [0.1, 0.15) is 0 Å². The van der Waals surface area contributed by atoms with Crippen LogP contribution in [0.2, 0.25) is 0 Å². The van der Waals surface area contributed by atoms with Gasteiger partial charge in [0.25, 0.3) is 0 Å². The first kappa shape index (κ1) is 15.9. The Morgan fingerprint density at radius 2 is 2.00 bits per heavy atom. The van der Waals surface area contributed by atoms with Crippen LogP contribution in [0.25, 0.3) is 0 Å². The van der Waals surface area contributed by atoms with E-state index in [1.165, 1.54) is 0 Å². The molecule has 3 N–H and O–H groups in total. The van der Waals surface area contributed by atoms with Gasteiger partial charge in [-0.2, -0.15) is 0 Å². The van der Waals surface area contributed by atoms with E-state index >= 15 is 0 Å². The monoisotopic (exact) mass is 202 g/mol. The van der Waals surface area contributed by atoms with Crippen molar-refractivity contribution < 1.29 is 66.4 Å². The van der Waals surface area contributed by atoms with Crippen LogP contribution in [0.4, 0.5) is 0 Å². The standard InChI is InChI=1S/C6H15N2O3.K/c7-11-6-3-8(1-4-9)2-5-10;/h9H,1-7H2;/q-1;+1. The van der Waals surface area contributed by atoms with Gasteiger partial charge in [-0.25, -0.2) is 5.90 Å². The molecule has 0 saturated carbocycles. The summed E-state index contributed by atoms with van der Waals surface area (Å²) in [6, 6.07) is 0. The van der Waals surface area contributed by atoms with Crippen LogP contribution >= 0.6 is 0 Å². The Morgan fingerprint density at radius 1 is 1.33 bits per heavy atom. The van der Waals surface area contributed by atoms with Gasteiger partial charge in [0.15, 0.2) is 0 Å². The fourth-order valence-corrected chi connectivity index (χ4v) is 0.788. The molecule has 0 atom stereocenters. The molecule has 6 heteroatoms. The molecule has 0 rings (SSSR count). The molecule has 0 amide bonds.